The van der Waals surface area contributed by atoms with Crippen molar-refractivity contribution in [3.63, 3.8) is 0 Å². The van der Waals surface area contributed by atoms with Crippen LogP contribution in [-0.4, -0.2) is 0 Å². The third-order valence-electron chi connectivity index (χ3n) is 8.53. The molecule has 0 atom stereocenters. The van der Waals surface area contributed by atoms with Gasteiger partial charge in [-0.05, 0) is 88.3 Å². The minimum atomic E-state index is -0.373. The first kappa shape index (κ1) is 18.7. The lowest BCUT2D eigenvalue weighted by Gasteiger charge is -2.28. The van der Waals surface area contributed by atoms with Gasteiger partial charge in [0.2, 0.25) is 0 Å². The maximum absolute atomic E-state index is 9.39. The van der Waals surface area contributed by atoms with E-state index in [1.54, 1.807) is 0 Å². The van der Waals surface area contributed by atoms with E-state index in [1.165, 1.54) is 16.7 Å². The molecule has 0 saturated carbocycles. The van der Waals surface area contributed by atoms with Crippen molar-refractivity contribution in [2.24, 2.45) is 0 Å². The first-order valence-corrected chi connectivity index (χ1v) is 14.9. The zero-order valence-corrected chi connectivity index (χ0v) is 24.3. The summed E-state index contributed by atoms with van der Waals surface area (Å²) in [5, 5.41) is 0.639. The molecule has 0 unspecified atom stereocenters. The molecule has 0 spiro atoms. The molecule has 8 rings (SSSR count). The number of anilines is 3. The highest BCUT2D eigenvalue weighted by Gasteiger charge is 2.36. The van der Waals surface area contributed by atoms with Crippen molar-refractivity contribution in [2.45, 2.75) is 26.2 Å². The van der Waals surface area contributed by atoms with E-state index in [4.69, 9.17) is 8.22 Å². The quantitative estimate of drug-likeness (QED) is 0.205. The molecule has 1 aromatic heterocycles. The number of hydrogen-bond donors (Lipinski definition) is 0. The number of rotatable bonds is 4. The zero-order chi connectivity index (χ0) is 34.5. The maximum Gasteiger partial charge on any atom is 0.0645 e. The lowest BCUT2D eigenvalue weighted by atomic mass is 9.82. The highest BCUT2D eigenvalue weighted by Crippen LogP contribution is 2.52. The summed E-state index contributed by atoms with van der Waals surface area (Å²) in [5.41, 5.74) is 9.47. The van der Waals surface area contributed by atoms with E-state index in [0.717, 1.165) is 39.3 Å². The molecule has 6 aromatic carbocycles. The predicted octanol–water partition coefficient (Wildman–Crippen LogP) is 11.8. The number of benzene rings is 6. The van der Waals surface area contributed by atoms with Crippen LogP contribution in [0, 0.1) is 6.92 Å². The van der Waals surface area contributed by atoms with Gasteiger partial charge in [-0.1, -0.05) is 105 Å². The van der Waals surface area contributed by atoms with E-state index in [0.29, 0.717) is 26.2 Å². The first-order chi connectivity index (χ1) is 23.4. The molecule has 7 aromatic rings. The maximum atomic E-state index is 9.39. The molecule has 2 heteroatoms. The Morgan fingerprint density at radius 3 is 2.24 bits per heavy atom. The molecular formula is C40H31NS. The van der Waals surface area contributed by atoms with E-state index in [1.807, 2.05) is 65.6 Å². The highest BCUT2D eigenvalue weighted by molar-refractivity contribution is 7.26. The molecule has 1 heterocycles. The van der Waals surface area contributed by atoms with Gasteiger partial charge in [0.25, 0.3) is 0 Å². The molecule has 0 N–H and O–H groups in total. The Labute approximate surface area is 261 Å². The number of aryl methyl sites for hydroxylation is 1. The van der Waals surface area contributed by atoms with E-state index >= 15 is 0 Å². The lowest BCUT2D eigenvalue weighted by molar-refractivity contribution is 0.660. The number of hydrogen-bond acceptors (Lipinski definition) is 2. The minimum absolute atomic E-state index is 0.165. The Hall–Kier alpha value is -4.66. The Morgan fingerprint density at radius 2 is 1.40 bits per heavy atom. The SMILES string of the molecule is [2H]c1c([2H])c([2H])c2c(sc3c([2H])c([2H])c([2H])c(N(c4ccc(-c5ccccc5)cc4)c4ccc5c(c4)-c4c(C)cccc4C5(C)C)c32)c1[2H]. The largest absolute Gasteiger partial charge is 0.310 e. The fourth-order valence-corrected chi connectivity index (χ4v) is 7.43. The second-order valence-corrected chi connectivity index (χ2v) is 12.4. The van der Waals surface area contributed by atoms with Crippen LogP contribution in [0.4, 0.5) is 17.1 Å². The summed E-state index contributed by atoms with van der Waals surface area (Å²) >= 11 is 1.08. The van der Waals surface area contributed by atoms with Crippen molar-refractivity contribution in [2.75, 3.05) is 4.90 Å². The molecule has 1 nitrogen and oxygen atoms in total. The van der Waals surface area contributed by atoms with Gasteiger partial charge in [-0.2, -0.15) is 0 Å². The van der Waals surface area contributed by atoms with Crippen LogP contribution in [0.1, 0.15) is 40.1 Å². The van der Waals surface area contributed by atoms with Crippen molar-refractivity contribution in [3.05, 3.63) is 150 Å². The van der Waals surface area contributed by atoms with Gasteiger partial charge < -0.3 is 4.90 Å². The third-order valence-corrected chi connectivity index (χ3v) is 9.56. The van der Waals surface area contributed by atoms with Crippen LogP contribution in [0.5, 0.6) is 0 Å². The summed E-state index contributed by atoms with van der Waals surface area (Å²) in [5.74, 6) is 0. The molecule has 0 bridgehead atoms. The molecule has 1 aliphatic rings. The van der Waals surface area contributed by atoms with Crippen LogP contribution in [0.15, 0.2) is 133 Å². The topological polar surface area (TPSA) is 3.24 Å². The van der Waals surface area contributed by atoms with Gasteiger partial charge in [0.15, 0.2) is 0 Å². The van der Waals surface area contributed by atoms with Crippen molar-refractivity contribution in [3.8, 4) is 22.3 Å². The van der Waals surface area contributed by atoms with E-state index in [-0.39, 0.29) is 53.1 Å². The molecular weight excluding hydrogens is 527 g/mol. The highest BCUT2D eigenvalue weighted by atomic mass is 32.1. The molecule has 202 valence electrons. The summed E-state index contributed by atoms with van der Waals surface area (Å²) in [6, 6.07) is 29.0. The van der Waals surface area contributed by atoms with Crippen LogP contribution < -0.4 is 4.90 Å². The van der Waals surface area contributed by atoms with Gasteiger partial charge >= 0.3 is 0 Å². The Morgan fingerprint density at radius 1 is 0.667 bits per heavy atom. The minimum Gasteiger partial charge on any atom is -0.310 e. The Balaban J connectivity index is 1.48. The summed E-state index contributed by atoms with van der Waals surface area (Å²) in [4.78, 5) is 1.92. The molecule has 0 aliphatic heterocycles. The smallest absolute Gasteiger partial charge is 0.0645 e. The van der Waals surface area contributed by atoms with Gasteiger partial charge in [-0.3, -0.25) is 0 Å². The summed E-state index contributed by atoms with van der Waals surface area (Å²) in [6.45, 7) is 6.57. The van der Waals surface area contributed by atoms with Crippen molar-refractivity contribution >= 4 is 48.6 Å². The van der Waals surface area contributed by atoms with E-state index in [9.17, 15) is 1.37 Å². The van der Waals surface area contributed by atoms with E-state index in [2.05, 4.69) is 51.1 Å². The lowest BCUT2D eigenvalue weighted by Crippen LogP contribution is -2.15. The molecule has 0 fully saturated rings. The van der Waals surface area contributed by atoms with E-state index < -0.39 is 0 Å². The molecule has 0 amide bonds. The van der Waals surface area contributed by atoms with Gasteiger partial charge in [-0.15, -0.1) is 11.3 Å². The third kappa shape index (κ3) is 3.76. The van der Waals surface area contributed by atoms with Crippen molar-refractivity contribution in [1.29, 1.82) is 0 Å². The van der Waals surface area contributed by atoms with Gasteiger partial charge in [-0.25, -0.2) is 0 Å². The fraction of sp³-hybridized carbons (Fsp3) is 0.100. The van der Waals surface area contributed by atoms with Gasteiger partial charge in [0.1, 0.15) is 0 Å². The Bertz CT molecular complexity index is 2500. The number of thiophene rings is 1. The summed E-state index contributed by atoms with van der Waals surface area (Å²) in [6.07, 6.45) is 0. The summed E-state index contributed by atoms with van der Waals surface area (Å²) < 4.78 is 62.4. The molecule has 1 aliphatic carbocycles. The van der Waals surface area contributed by atoms with Crippen molar-refractivity contribution < 1.29 is 9.60 Å². The molecule has 0 radical (unpaired) electrons. The van der Waals surface area contributed by atoms with Crippen LogP contribution in [-0.2, 0) is 5.41 Å². The molecule has 0 saturated heterocycles. The zero-order valence-electron chi connectivity index (χ0n) is 30.5. The van der Waals surface area contributed by atoms with Crippen LogP contribution in [0.3, 0.4) is 0 Å². The monoisotopic (exact) mass is 564 g/mol. The second kappa shape index (κ2) is 9.44. The first-order valence-electron chi connectivity index (χ1n) is 17.5. The van der Waals surface area contributed by atoms with Crippen LogP contribution >= 0.6 is 11.3 Å². The average Bonchev–Trinajstić information content (AvgIpc) is 3.61. The van der Waals surface area contributed by atoms with Gasteiger partial charge in [0, 0.05) is 37.0 Å². The summed E-state index contributed by atoms with van der Waals surface area (Å²) in [7, 11) is 0. The fourth-order valence-electron chi connectivity index (χ4n) is 6.47. The number of fused-ring (bicyclic) bond motifs is 6. The standard InChI is InChI=1S/C40H31NS/c1-26-11-9-15-34-38(26)32-25-30(23-24-33(32)40(34,2)3)41(29-21-19-28(20-22-29)27-12-5-4-6-13-27)35-16-10-18-37-39(35)31-14-7-8-17-36(31)42-37/h4-25H,1-3H3/i7D,8D,10D,14D,16D,17D,18D. The second-order valence-electron chi connectivity index (χ2n) is 11.3. The Kier molecular flexibility index (Phi) is 4.20. The average molecular weight is 565 g/mol. The van der Waals surface area contributed by atoms with Crippen LogP contribution in [0.25, 0.3) is 42.4 Å². The normalized spacial score (nSPS) is 15.6. The van der Waals surface area contributed by atoms with Crippen LogP contribution in [0.2, 0.25) is 0 Å². The van der Waals surface area contributed by atoms with Gasteiger partial charge in [0.05, 0.1) is 15.3 Å². The molecule has 42 heavy (non-hydrogen) atoms. The predicted molar refractivity (Wildman–Crippen MR) is 182 cm³/mol. The number of nitrogens with zero attached hydrogens (tertiary/aromatic N) is 1. The van der Waals surface area contributed by atoms with Crippen molar-refractivity contribution in [1.82, 2.24) is 0 Å².